The second-order valence-electron chi connectivity index (χ2n) is 5.57. The van der Waals surface area contributed by atoms with Gasteiger partial charge in [0.15, 0.2) is 0 Å². The average Bonchev–Trinajstić information content (AvgIpc) is 2.48. The number of benzene rings is 1. The molecule has 0 aromatic heterocycles. The van der Waals surface area contributed by atoms with Crippen molar-refractivity contribution in [3.8, 4) is 0 Å². The van der Waals surface area contributed by atoms with Gasteiger partial charge in [-0.3, -0.25) is 4.79 Å². The van der Waals surface area contributed by atoms with Crippen molar-refractivity contribution in [2.24, 2.45) is 11.7 Å². The van der Waals surface area contributed by atoms with Crippen LogP contribution in [0.15, 0.2) is 24.3 Å². The van der Waals surface area contributed by atoms with Crippen LogP contribution in [0.5, 0.6) is 0 Å². The van der Waals surface area contributed by atoms with E-state index in [-0.39, 0.29) is 11.8 Å². The molecule has 2 N–H and O–H groups in total. The summed E-state index contributed by atoms with van der Waals surface area (Å²) in [6.45, 7) is 0.482. The molecule has 0 bridgehead atoms. The molecule has 0 saturated heterocycles. The Morgan fingerprint density at radius 1 is 1.25 bits per heavy atom. The minimum Gasteiger partial charge on any atom is -0.464 e. The van der Waals surface area contributed by atoms with Crippen LogP contribution in [0, 0.1) is 11.7 Å². The van der Waals surface area contributed by atoms with Gasteiger partial charge in [-0.05, 0) is 42.9 Å². The molecule has 4 heteroatoms. The van der Waals surface area contributed by atoms with E-state index in [1.165, 1.54) is 31.4 Å². The number of halogens is 1. The lowest BCUT2D eigenvalue weighted by Crippen LogP contribution is -2.35. The van der Waals surface area contributed by atoms with Crippen molar-refractivity contribution in [1.82, 2.24) is 0 Å². The van der Waals surface area contributed by atoms with E-state index in [1.807, 2.05) is 0 Å². The monoisotopic (exact) mass is 279 g/mol. The van der Waals surface area contributed by atoms with Crippen molar-refractivity contribution >= 4 is 5.97 Å². The van der Waals surface area contributed by atoms with E-state index in [2.05, 4.69) is 0 Å². The Kier molecular flexibility index (Phi) is 5.53. The number of carbonyl (C=O) groups is 1. The lowest BCUT2D eigenvalue weighted by atomic mass is 9.90. The number of hydrogen-bond acceptors (Lipinski definition) is 3. The third-order valence-corrected chi connectivity index (χ3v) is 3.86. The summed E-state index contributed by atoms with van der Waals surface area (Å²) < 4.78 is 18.1. The SMILES string of the molecule is NC(Cc1ccc(F)cc1)C(=O)OCC1CCCCC1. The molecular formula is C16H22FNO2. The van der Waals surface area contributed by atoms with Gasteiger partial charge in [0.2, 0.25) is 0 Å². The summed E-state index contributed by atoms with van der Waals surface area (Å²) in [6.07, 6.45) is 6.40. The van der Waals surface area contributed by atoms with Gasteiger partial charge in [0.25, 0.3) is 0 Å². The first-order valence-electron chi connectivity index (χ1n) is 7.32. The highest BCUT2D eigenvalue weighted by Crippen LogP contribution is 2.23. The largest absolute Gasteiger partial charge is 0.464 e. The maximum absolute atomic E-state index is 12.8. The second-order valence-corrected chi connectivity index (χ2v) is 5.57. The fraction of sp³-hybridized carbons (Fsp3) is 0.562. The predicted octanol–water partition coefficient (Wildman–Crippen LogP) is 2.82. The summed E-state index contributed by atoms with van der Waals surface area (Å²) in [4.78, 5) is 11.8. The fourth-order valence-corrected chi connectivity index (χ4v) is 2.62. The molecule has 1 saturated carbocycles. The third kappa shape index (κ3) is 4.60. The van der Waals surface area contributed by atoms with Gasteiger partial charge in [0, 0.05) is 0 Å². The topological polar surface area (TPSA) is 52.3 Å². The van der Waals surface area contributed by atoms with Crippen LogP contribution >= 0.6 is 0 Å². The van der Waals surface area contributed by atoms with Gasteiger partial charge < -0.3 is 10.5 Å². The first-order chi connectivity index (χ1) is 9.65. The quantitative estimate of drug-likeness (QED) is 0.843. The average molecular weight is 279 g/mol. The minimum absolute atomic E-state index is 0.290. The Morgan fingerprint density at radius 2 is 1.90 bits per heavy atom. The van der Waals surface area contributed by atoms with Crippen molar-refractivity contribution in [2.75, 3.05) is 6.61 Å². The molecule has 1 aromatic carbocycles. The number of esters is 1. The van der Waals surface area contributed by atoms with Crippen molar-refractivity contribution in [2.45, 2.75) is 44.6 Å². The standard InChI is InChI=1S/C16H22FNO2/c17-14-8-6-12(7-9-14)10-15(18)16(19)20-11-13-4-2-1-3-5-13/h6-9,13,15H,1-5,10-11,18H2. The van der Waals surface area contributed by atoms with Crippen LogP contribution in [0.4, 0.5) is 4.39 Å². The summed E-state index contributed by atoms with van der Waals surface area (Å²) in [7, 11) is 0. The molecule has 1 aliphatic carbocycles. The Balaban J connectivity index is 1.75. The highest BCUT2D eigenvalue weighted by Gasteiger charge is 2.19. The first-order valence-corrected chi connectivity index (χ1v) is 7.32. The van der Waals surface area contributed by atoms with E-state index in [0.717, 1.165) is 18.4 Å². The molecule has 1 fully saturated rings. The zero-order valence-electron chi connectivity index (χ0n) is 11.7. The van der Waals surface area contributed by atoms with Crippen molar-refractivity contribution < 1.29 is 13.9 Å². The van der Waals surface area contributed by atoms with Crippen LogP contribution in [0.3, 0.4) is 0 Å². The van der Waals surface area contributed by atoms with Gasteiger partial charge in [-0.1, -0.05) is 31.4 Å². The van der Waals surface area contributed by atoms with E-state index in [4.69, 9.17) is 10.5 Å². The summed E-state index contributed by atoms with van der Waals surface area (Å²) >= 11 is 0. The molecule has 1 aromatic rings. The van der Waals surface area contributed by atoms with Gasteiger partial charge in [0.05, 0.1) is 6.61 Å². The number of carbonyl (C=O) groups excluding carboxylic acids is 1. The summed E-state index contributed by atoms with van der Waals surface area (Å²) in [5, 5.41) is 0. The molecule has 2 rings (SSSR count). The highest BCUT2D eigenvalue weighted by molar-refractivity contribution is 5.75. The zero-order valence-corrected chi connectivity index (χ0v) is 11.7. The third-order valence-electron chi connectivity index (χ3n) is 3.86. The van der Waals surface area contributed by atoms with Crippen molar-refractivity contribution in [3.05, 3.63) is 35.6 Å². The Labute approximate surface area is 119 Å². The molecule has 1 atom stereocenters. The smallest absolute Gasteiger partial charge is 0.323 e. The number of rotatable bonds is 5. The molecule has 0 radical (unpaired) electrons. The van der Waals surface area contributed by atoms with E-state index in [0.29, 0.717) is 18.9 Å². The van der Waals surface area contributed by atoms with E-state index in [1.54, 1.807) is 12.1 Å². The van der Waals surface area contributed by atoms with Crippen LogP contribution in [0.1, 0.15) is 37.7 Å². The lowest BCUT2D eigenvalue weighted by Gasteiger charge is -2.22. The molecule has 0 amide bonds. The van der Waals surface area contributed by atoms with Crippen LogP contribution in [-0.2, 0) is 16.0 Å². The molecular weight excluding hydrogens is 257 g/mol. The van der Waals surface area contributed by atoms with Crippen molar-refractivity contribution in [1.29, 1.82) is 0 Å². The first kappa shape index (κ1) is 15.0. The number of nitrogens with two attached hydrogens (primary N) is 1. The molecule has 3 nitrogen and oxygen atoms in total. The van der Waals surface area contributed by atoms with Crippen molar-refractivity contribution in [3.63, 3.8) is 0 Å². The second kappa shape index (κ2) is 7.39. The summed E-state index contributed by atoms with van der Waals surface area (Å²) in [5.74, 6) is -0.159. The molecule has 1 unspecified atom stereocenters. The normalized spacial score (nSPS) is 17.7. The van der Waals surface area contributed by atoms with Crippen LogP contribution in [-0.4, -0.2) is 18.6 Å². The Bertz CT molecular complexity index is 427. The Morgan fingerprint density at radius 3 is 2.55 bits per heavy atom. The van der Waals surface area contributed by atoms with E-state index in [9.17, 15) is 9.18 Å². The number of ether oxygens (including phenoxy) is 1. The van der Waals surface area contributed by atoms with Gasteiger partial charge >= 0.3 is 5.97 Å². The van der Waals surface area contributed by atoms with Crippen LogP contribution in [0.2, 0.25) is 0 Å². The maximum atomic E-state index is 12.8. The molecule has 1 aliphatic rings. The van der Waals surface area contributed by atoms with Gasteiger partial charge in [-0.2, -0.15) is 0 Å². The summed E-state index contributed by atoms with van der Waals surface area (Å²) in [5.41, 5.74) is 6.68. The van der Waals surface area contributed by atoms with Crippen LogP contribution in [0.25, 0.3) is 0 Å². The molecule has 20 heavy (non-hydrogen) atoms. The predicted molar refractivity (Wildman–Crippen MR) is 75.6 cm³/mol. The highest BCUT2D eigenvalue weighted by atomic mass is 19.1. The van der Waals surface area contributed by atoms with Gasteiger partial charge in [0.1, 0.15) is 11.9 Å². The lowest BCUT2D eigenvalue weighted by molar-refractivity contribution is -0.146. The molecule has 0 heterocycles. The molecule has 110 valence electrons. The van der Waals surface area contributed by atoms with Gasteiger partial charge in [-0.15, -0.1) is 0 Å². The van der Waals surface area contributed by atoms with E-state index < -0.39 is 6.04 Å². The minimum atomic E-state index is -0.677. The van der Waals surface area contributed by atoms with Crippen LogP contribution < -0.4 is 5.73 Å². The molecule has 0 spiro atoms. The number of hydrogen-bond donors (Lipinski definition) is 1. The van der Waals surface area contributed by atoms with Gasteiger partial charge in [-0.25, -0.2) is 4.39 Å². The fourth-order valence-electron chi connectivity index (χ4n) is 2.62. The zero-order chi connectivity index (χ0) is 14.4. The Hall–Kier alpha value is -1.42. The maximum Gasteiger partial charge on any atom is 0.323 e. The van der Waals surface area contributed by atoms with E-state index >= 15 is 0 Å². The summed E-state index contributed by atoms with van der Waals surface area (Å²) in [6, 6.07) is 5.35. The molecule has 0 aliphatic heterocycles.